The summed E-state index contributed by atoms with van der Waals surface area (Å²) < 4.78 is 34.6. The van der Waals surface area contributed by atoms with Gasteiger partial charge in [-0.15, -0.1) is 0 Å². The first-order valence-corrected chi connectivity index (χ1v) is 14.2. The second kappa shape index (κ2) is 12.5. The van der Waals surface area contributed by atoms with Crippen molar-refractivity contribution in [2.75, 3.05) is 29.0 Å². The number of anilines is 4. The Morgan fingerprint density at radius 2 is 1.64 bits per heavy atom. The number of hydrogen-bond acceptors (Lipinski definition) is 10. The van der Waals surface area contributed by atoms with E-state index in [0.717, 1.165) is 5.69 Å². The molecule has 0 fully saturated rings. The molecule has 5 rings (SSSR count). The van der Waals surface area contributed by atoms with Gasteiger partial charge in [0, 0.05) is 42.3 Å². The lowest BCUT2D eigenvalue weighted by Crippen LogP contribution is -2.28. The minimum atomic E-state index is -4.17. The molecule has 0 saturated heterocycles. The van der Waals surface area contributed by atoms with Gasteiger partial charge in [-0.05, 0) is 42.5 Å². The van der Waals surface area contributed by atoms with Crippen molar-refractivity contribution in [3.63, 3.8) is 0 Å². The van der Waals surface area contributed by atoms with Crippen molar-refractivity contribution in [3.05, 3.63) is 96.8 Å². The van der Waals surface area contributed by atoms with Crippen LogP contribution < -0.4 is 25.4 Å². The lowest BCUT2D eigenvalue weighted by molar-refractivity contribution is -0.115. The number of methoxy groups -OCH3 is 1. The normalized spacial score (nSPS) is 11.2. The summed E-state index contributed by atoms with van der Waals surface area (Å²) in [6.07, 6.45) is 1.67. The van der Waals surface area contributed by atoms with Gasteiger partial charge in [0.1, 0.15) is 11.5 Å². The minimum Gasteiger partial charge on any atom is -0.508 e. The fourth-order valence-electron chi connectivity index (χ4n) is 4.01. The summed E-state index contributed by atoms with van der Waals surface area (Å²) >= 11 is 0. The fraction of sp³-hybridized carbons (Fsp3) is 0.103. The number of sulfonamides is 1. The fourth-order valence-corrected chi connectivity index (χ4v) is 5.06. The van der Waals surface area contributed by atoms with Crippen LogP contribution in [0.1, 0.15) is 5.69 Å². The van der Waals surface area contributed by atoms with E-state index >= 15 is 0 Å². The molecule has 1 amide bonds. The van der Waals surface area contributed by atoms with E-state index in [1.165, 1.54) is 37.4 Å². The molecule has 0 aliphatic heterocycles. The number of benzene rings is 3. The van der Waals surface area contributed by atoms with Gasteiger partial charge in [0.15, 0.2) is 11.6 Å². The Labute approximate surface area is 241 Å². The third-order valence-electron chi connectivity index (χ3n) is 5.94. The van der Waals surface area contributed by atoms with Crippen molar-refractivity contribution < 1.29 is 23.1 Å². The van der Waals surface area contributed by atoms with Crippen LogP contribution in [0, 0.1) is 0 Å². The molecule has 214 valence electrons. The molecular weight excluding hydrogens is 558 g/mol. The molecule has 0 atom stereocenters. The minimum absolute atomic E-state index is 0.00728. The summed E-state index contributed by atoms with van der Waals surface area (Å²) in [5, 5.41) is 18.8. The van der Waals surface area contributed by atoms with Crippen molar-refractivity contribution in [1.82, 2.24) is 20.3 Å². The van der Waals surface area contributed by atoms with Crippen LogP contribution in [0.15, 0.2) is 96.0 Å². The van der Waals surface area contributed by atoms with E-state index < -0.39 is 10.0 Å². The molecule has 0 aliphatic carbocycles. The SMILES string of the molecule is COc1cc(O)cc(Nc2nc3ccccc3nc2NS(=O)(=O)c2cccc(NC(=O)CNCc3ccccn3)c2)c1. The van der Waals surface area contributed by atoms with Crippen molar-refractivity contribution in [2.24, 2.45) is 0 Å². The largest absolute Gasteiger partial charge is 0.508 e. The Morgan fingerprint density at radius 3 is 2.38 bits per heavy atom. The first kappa shape index (κ1) is 28.3. The summed E-state index contributed by atoms with van der Waals surface area (Å²) in [6, 6.07) is 22.9. The zero-order chi connectivity index (χ0) is 29.5. The zero-order valence-corrected chi connectivity index (χ0v) is 23.2. The van der Waals surface area contributed by atoms with Crippen molar-refractivity contribution in [2.45, 2.75) is 11.4 Å². The highest BCUT2D eigenvalue weighted by molar-refractivity contribution is 7.92. The molecule has 13 heteroatoms. The molecule has 0 spiro atoms. The number of nitrogens with one attached hydrogen (secondary N) is 4. The number of amides is 1. The third kappa shape index (κ3) is 7.08. The summed E-state index contributed by atoms with van der Waals surface area (Å²) in [5.74, 6) is 0.0251. The van der Waals surface area contributed by atoms with Gasteiger partial charge >= 0.3 is 0 Å². The summed E-state index contributed by atoms with van der Waals surface area (Å²) in [5.41, 5.74) is 2.48. The van der Waals surface area contributed by atoms with Crippen molar-refractivity contribution in [3.8, 4) is 11.5 Å². The Balaban J connectivity index is 1.35. The topological polar surface area (TPSA) is 167 Å². The van der Waals surface area contributed by atoms with Crippen LogP contribution in [0.25, 0.3) is 11.0 Å². The van der Waals surface area contributed by atoms with Gasteiger partial charge in [0.05, 0.1) is 35.3 Å². The predicted molar refractivity (Wildman–Crippen MR) is 159 cm³/mol. The van der Waals surface area contributed by atoms with Gasteiger partial charge in [0.2, 0.25) is 5.91 Å². The maximum atomic E-state index is 13.5. The average molecular weight is 586 g/mol. The number of fused-ring (bicyclic) bond motifs is 1. The number of carbonyl (C=O) groups is 1. The first-order valence-electron chi connectivity index (χ1n) is 12.7. The second-order valence-corrected chi connectivity index (χ2v) is 10.7. The highest BCUT2D eigenvalue weighted by atomic mass is 32.2. The number of phenolic OH excluding ortho intramolecular Hbond substituents is 1. The number of carbonyl (C=O) groups excluding carboxylic acids is 1. The number of aromatic nitrogens is 3. The first-order chi connectivity index (χ1) is 20.3. The Kier molecular flexibility index (Phi) is 8.41. The molecule has 5 aromatic rings. The Morgan fingerprint density at radius 1 is 0.881 bits per heavy atom. The number of para-hydroxylation sites is 2. The number of aromatic hydroxyl groups is 1. The van der Waals surface area contributed by atoms with Crippen molar-refractivity contribution >= 4 is 50.0 Å². The molecular formula is C29H27N7O5S. The number of pyridine rings is 1. The number of ether oxygens (including phenoxy) is 1. The van der Waals surface area contributed by atoms with Gasteiger partial charge in [-0.1, -0.05) is 24.3 Å². The van der Waals surface area contributed by atoms with Crippen LogP contribution in [-0.2, 0) is 21.4 Å². The van der Waals surface area contributed by atoms with Crippen LogP contribution in [0.2, 0.25) is 0 Å². The van der Waals surface area contributed by atoms with E-state index in [9.17, 15) is 18.3 Å². The van der Waals surface area contributed by atoms with E-state index in [4.69, 9.17) is 4.74 Å². The molecule has 0 unspecified atom stereocenters. The van der Waals surface area contributed by atoms with Gasteiger partial charge in [-0.3, -0.25) is 14.5 Å². The maximum Gasteiger partial charge on any atom is 0.263 e. The second-order valence-electron chi connectivity index (χ2n) is 9.06. The maximum absolute atomic E-state index is 13.5. The highest BCUT2D eigenvalue weighted by Gasteiger charge is 2.20. The van der Waals surface area contributed by atoms with Crippen LogP contribution in [0.3, 0.4) is 0 Å². The van der Waals surface area contributed by atoms with E-state index in [-0.39, 0.29) is 34.7 Å². The van der Waals surface area contributed by atoms with Crippen LogP contribution in [0.5, 0.6) is 11.5 Å². The van der Waals surface area contributed by atoms with Gasteiger partial charge < -0.3 is 25.8 Å². The van der Waals surface area contributed by atoms with E-state index in [2.05, 4.69) is 35.6 Å². The smallest absolute Gasteiger partial charge is 0.263 e. The lowest BCUT2D eigenvalue weighted by Gasteiger charge is -2.15. The molecule has 3 aromatic carbocycles. The van der Waals surface area contributed by atoms with Crippen LogP contribution in [-0.4, -0.2) is 48.0 Å². The van der Waals surface area contributed by atoms with Gasteiger partial charge in [-0.2, -0.15) is 0 Å². The summed E-state index contributed by atoms with van der Waals surface area (Å²) in [7, 11) is -2.71. The zero-order valence-electron chi connectivity index (χ0n) is 22.4. The molecule has 42 heavy (non-hydrogen) atoms. The van der Waals surface area contributed by atoms with E-state index in [1.807, 2.05) is 18.2 Å². The monoisotopic (exact) mass is 585 g/mol. The van der Waals surface area contributed by atoms with Gasteiger partial charge in [-0.25, -0.2) is 18.4 Å². The molecule has 2 heterocycles. The number of nitrogens with zero attached hydrogens (tertiary/aromatic N) is 3. The van der Waals surface area contributed by atoms with E-state index in [1.54, 1.807) is 42.6 Å². The average Bonchev–Trinajstić information content (AvgIpc) is 2.97. The predicted octanol–water partition coefficient (Wildman–Crippen LogP) is 4.01. The molecule has 0 radical (unpaired) electrons. The standard InChI is InChI=1S/C29H27N7O5S/c1-41-23-14-21(13-22(37)16-23)33-28-29(35-26-11-3-2-10-25(26)34-28)36-42(39,40)24-9-6-8-19(15-24)32-27(38)18-30-17-20-7-4-5-12-31-20/h2-16,30,37H,17-18H2,1H3,(H,32,38)(H,33,34)(H,35,36). The van der Waals surface area contributed by atoms with Crippen LogP contribution >= 0.6 is 0 Å². The third-order valence-corrected chi connectivity index (χ3v) is 7.27. The summed E-state index contributed by atoms with van der Waals surface area (Å²) in [6.45, 7) is 0.415. The highest BCUT2D eigenvalue weighted by Crippen LogP contribution is 2.31. The number of phenols is 1. The van der Waals surface area contributed by atoms with Crippen molar-refractivity contribution in [1.29, 1.82) is 0 Å². The quantitative estimate of drug-likeness (QED) is 0.153. The number of hydrogen-bond donors (Lipinski definition) is 5. The number of rotatable bonds is 11. The lowest BCUT2D eigenvalue weighted by atomic mass is 10.2. The van der Waals surface area contributed by atoms with Gasteiger partial charge in [0.25, 0.3) is 10.0 Å². The molecule has 12 nitrogen and oxygen atoms in total. The van der Waals surface area contributed by atoms with E-state index in [0.29, 0.717) is 34.7 Å². The summed E-state index contributed by atoms with van der Waals surface area (Å²) in [4.78, 5) is 25.6. The Hall–Kier alpha value is -5.27. The molecule has 0 bridgehead atoms. The molecule has 5 N–H and O–H groups in total. The molecule has 0 aliphatic rings. The molecule has 0 saturated carbocycles. The molecule has 2 aromatic heterocycles. The Bertz CT molecular complexity index is 1840. The van der Waals surface area contributed by atoms with Crippen LogP contribution in [0.4, 0.5) is 23.0 Å².